The van der Waals surface area contributed by atoms with Crippen molar-refractivity contribution in [2.45, 2.75) is 31.7 Å². The first-order chi connectivity index (χ1) is 13.4. The van der Waals surface area contributed by atoms with Crippen molar-refractivity contribution in [3.63, 3.8) is 0 Å². The number of hydrogen-bond donors (Lipinski definition) is 1. The molecule has 0 bridgehead atoms. The van der Waals surface area contributed by atoms with E-state index in [1.54, 1.807) is 31.4 Å². The molecular weight excluding hydrogens is 376 g/mol. The van der Waals surface area contributed by atoms with E-state index in [4.69, 9.17) is 4.74 Å². The second-order valence-electron chi connectivity index (χ2n) is 7.09. The Labute approximate surface area is 166 Å². The van der Waals surface area contributed by atoms with Crippen molar-refractivity contribution in [1.82, 2.24) is 4.90 Å². The second-order valence-corrected chi connectivity index (χ2v) is 8.84. The topological polar surface area (TPSA) is 75.7 Å². The number of amides is 1. The molecule has 1 aliphatic heterocycles. The van der Waals surface area contributed by atoms with Gasteiger partial charge in [-0.25, -0.2) is 8.42 Å². The largest absolute Gasteiger partial charge is 0.497 e. The summed E-state index contributed by atoms with van der Waals surface area (Å²) in [7, 11) is -1.76. The zero-order valence-corrected chi connectivity index (χ0v) is 17.0. The molecule has 1 saturated heterocycles. The van der Waals surface area contributed by atoms with E-state index in [0.717, 1.165) is 43.3 Å². The van der Waals surface area contributed by atoms with Crippen molar-refractivity contribution in [3.05, 3.63) is 59.7 Å². The van der Waals surface area contributed by atoms with Gasteiger partial charge in [-0.3, -0.25) is 9.52 Å². The van der Waals surface area contributed by atoms with Gasteiger partial charge in [0.1, 0.15) is 5.75 Å². The number of nitrogens with one attached hydrogen (secondary N) is 1. The standard InChI is InChI=1S/C21H26N2O4S/c1-27-19-12-10-16(11-13-19)20-9-4-3-5-14-23(20)21(24)17-7-6-8-18(15-17)22-28(2,25)26/h6-8,10-13,15,20,22H,3-5,9,14H2,1-2H3/t20-/m1/s1. The predicted molar refractivity (Wildman–Crippen MR) is 110 cm³/mol. The van der Waals surface area contributed by atoms with Gasteiger partial charge in [-0.1, -0.05) is 31.0 Å². The van der Waals surface area contributed by atoms with Gasteiger partial charge in [-0.05, 0) is 48.7 Å². The number of ether oxygens (including phenoxy) is 1. The van der Waals surface area contributed by atoms with Crippen molar-refractivity contribution >= 4 is 21.6 Å². The number of sulfonamides is 1. The maximum Gasteiger partial charge on any atom is 0.254 e. The van der Waals surface area contributed by atoms with Crippen molar-refractivity contribution < 1.29 is 17.9 Å². The van der Waals surface area contributed by atoms with Crippen molar-refractivity contribution in [1.29, 1.82) is 0 Å². The molecule has 0 saturated carbocycles. The lowest BCUT2D eigenvalue weighted by atomic mass is 10.00. The van der Waals surface area contributed by atoms with E-state index in [-0.39, 0.29) is 11.9 Å². The van der Waals surface area contributed by atoms with Crippen LogP contribution < -0.4 is 9.46 Å². The van der Waals surface area contributed by atoms with Gasteiger partial charge in [-0.15, -0.1) is 0 Å². The van der Waals surface area contributed by atoms with E-state index in [1.807, 2.05) is 29.2 Å². The molecule has 1 aliphatic rings. The fourth-order valence-electron chi connectivity index (χ4n) is 3.62. The Morgan fingerprint density at radius 2 is 1.86 bits per heavy atom. The zero-order valence-electron chi connectivity index (χ0n) is 16.2. The van der Waals surface area contributed by atoms with Crippen molar-refractivity contribution in [2.24, 2.45) is 0 Å². The molecule has 3 rings (SSSR count). The van der Waals surface area contributed by atoms with E-state index in [9.17, 15) is 13.2 Å². The molecule has 2 aromatic rings. The highest BCUT2D eigenvalue weighted by molar-refractivity contribution is 7.92. The van der Waals surface area contributed by atoms with E-state index < -0.39 is 10.0 Å². The summed E-state index contributed by atoms with van der Waals surface area (Å²) >= 11 is 0. The summed E-state index contributed by atoms with van der Waals surface area (Å²) in [5, 5.41) is 0. The molecule has 0 radical (unpaired) electrons. The molecule has 0 aliphatic carbocycles. The molecule has 0 unspecified atom stereocenters. The van der Waals surface area contributed by atoms with E-state index in [0.29, 0.717) is 17.8 Å². The summed E-state index contributed by atoms with van der Waals surface area (Å²) in [6, 6.07) is 14.5. The van der Waals surface area contributed by atoms with Crippen LogP contribution in [0.1, 0.15) is 47.6 Å². The molecule has 1 fully saturated rings. The molecule has 6 nitrogen and oxygen atoms in total. The highest BCUT2D eigenvalue weighted by Gasteiger charge is 2.27. The first-order valence-electron chi connectivity index (χ1n) is 9.40. The number of anilines is 1. The highest BCUT2D eigenvalue weighted by Crippen LogP contribution is 2.32. The zero-order chi connectivity index (χ0) is 20.1. The van der Waals surface area contributed by atoms with Crippen LogP contribution in [0, 0.1) is 0 Å². The molecule has 1 amide bonds. The molecule has 2 aromatic carbocycles. The number of likely N-dealkylation sites (tertiary alicyclic amines) is 1. The Balaban J connectivity index is 1.89. The van der Waals surface area contributed by atoms with Gasteiger partial charge >= 0.3 is 0 Å². The molecule has 1 heterocycles. The number of nitrogens with zero attached hydrogens (tertiary/aromatic N) is 1. The molecule has 28 heavy (non-hydrogen) atoms. The van der Waals surface area contributed by atoms with Crippen LogP contribution in [0.4, 0.5) is 5.69 Å². The lowest BCUT2D eigenvalue weighted by Gasteiger charge is -2.31. The predicted octanol–water partition coefficient (Wildman–Crippen LogP) is 3.82. The van der Waals surface area contributed by atoms with Gasteiger partial charge in [0, 0.05) is 17.8 Å². The van der Waals surface area contributed by atoms with Gasteiger partial charge in [-0.2, -0.15) is 0 Å². The van der Waals surface area contributed by atoms with Crippen LogP contribution in [-0.4, -0.2) is 39.1 Å². The summed E-state index contributed by atoms with van der Waals surface area (Å²) in [5.74, 6) is 0.703. The Morgan fingerprint density at radius 3 is 2.54 bits per heavy atom. The van der Waals surface area contributed by atoms with E-state index in [1.165, 1.54) is 0 Å². The molecule has 150 valence electrons. The van der Waals surface area contributed by atoms with Crippen LogP contribution in [-0.2, 0) is 10.0 Å². The number of methoxy groups -OCH3 is 1. The molecule has 1 atom stereocenters. The number of rotatable bonds is 5. The molecule has 1 N–H and O–H groups in total. The maximum atomic E-state index is 13.3. The molecular formula is C21H26N2O4S. The Bertz CT molecular complexity index is 926. The van der Waals surface area contributed by atoms with E-state index in [2.05, 4.69) is 4.72 Å². The van der Waals surface area contributed by atoms with E-state index >= 15 is 0 Å². The van der Waals surface area contributed by atoms with Crippen LogP contribution >= 0.6 is 0 Å². The first-order valence-corrected chi connectivity index (χ1v) is 11.3. The Hall–Kier alpha value is -2.54. The fraction of sp³-hybridized carbons (Fsp3) is 0.381. The van der Waals surface area contributed by atoms with Gasteiger partial charge in [0.25, 0.3) is 5.91 Å². The van der Waals surface area contributed by atoms with Crippen molar-refractivity contribution in [3.8, 4) is 5.75 Å². The monoisotopic (exact) mass is 402 g/mol. The van der Waals surface area contributed by atoms with Crippen LogP contribution in [0.25, 0.3) is 0 Å². The summed E-state index contributed by atoms with van der Waals surface area (Å²) in [6.45, 7) is 0.680. The van der Waals surface area contributed by atoms with Crippen LogP contribution in [0.5, 0.6) is 5.75 Å². The van der Waals surface area contributed by atoms with Gasteiger partial charge in [0.05, 0.1) is 19.4 Å². The molecule has 0 spiro atoms. The lowest BCUT2D eigenvalue weighted by Crippen LogP contribution is -2.34. The summed E-state index contributed by atoms with van der Waals surface area (Å²) in [5.41, 5.74) is 1.96. The first kappa shape index (κ1) is 20.2. The Kier molecular flexibility index (Phi) is 6.24. The summed E-state index contributed by atoms with van der Waals surface area (Å²) in [4.78, 5) is 15.2. The summed E-state index contributed by atoms with van der Waals surface area (Å²) < 4.78 is 30.7. The van der Waals surface area contributed by atoms with Gasteiger partial charge < -0.3 is 9.64 Å². The average Bonchev–Trinajstić information content (AvgIpc) is 2.92. The second kappa shape index (κ2) is 8.65. The third-order valence-electron chi connectivity index (χ3n) is 4.93. The third-order valence-corrected chi connectivity index (χ3v) is 5.53. The fourth-order valence-corrected chi connectivity index (χ4v) is 4.17. The summed E-state index contributed by atoms with van der Waals surface area (Å²) in [6.07, 6.45) is 5.11. The van der Waals surface area contributed by atoms with Crippen LogP contribution in [0.2, 0.25) is 0 Å². The maximum absolute atomic E-state index is 13.3. The SMILES string of the molecule is COc1ccc([C@H]2CCCCCN2C(=O)c2cccc(NS(C)(=O)=O)c2)cc1. The van der Waals surface area contributed by atoms with Crippen molar-refractivity contribution in [2.75, 3.05) is 24.6 Å². The molecule has 0 aromatic heterocycles. The quantitative estimate of drug-likeness (QED) is 0.825. The average molecular weight is 403 g/mol. The minimum atomic E-state index is -3.40. The Morgan fingerprint density at radius 1 is 1.11 bits per heavy atom. The highest BCUT2D eigenvalue weighted by atomic mass is 32.2. The third kappa shape index (κ3) is 5.04. The van der Waals surface area contributed by atoms with Crippen LogP contribution in [0.3, 0.4) is 0 Å². The number of hydrogen-bond acceptors (Lipinski definition) is 4. The number of carbonyl (C=O) groups is 1. The smallest absolute Gasteiger partial charge is 0.254 e. The number of benzene rings is 2. The minimum Gasteiger partial charge on any atom is -0.497 e. The molecule has 7 heteroatoms. The van der Waals surface area contributed by atoms with Gasteiger partial charge in [0.15, 0.2) is 0 Å². The normalized spacial score (nSPS) is 17.6. The van der Waals surface area contributed by atoms with Gasteiger partial charge in [0.2, 0.25) is 10.0 Å². The van der Waals surface area contributed by atoms with Crippen LogP contribution in [0.15, 0.2) is 48.5 Å². The number of carbonyl (C=O) groups excluding carboxylic acids is 1. The minimum absolute atomic E-state index is 0.00701. The lowest BCUT2D eigenvalue weighted by molar-refractivity contribution is 0.0681.